The summed E-state index contributed by atoms with van der Waals surface area (Å²) in [5, 5.41) is 3.85. The summed E-state index contributed by atoms with van der Waals surface area (Å²) < 4.78 is 38.2. The molecule has 1 aromatic heterocycles. The molecule has 0 radical (unpaired) electrons. The van der Waals surface area contributed by atoms with Gasteiger partial charge in [0.05, 0.1) is 16.6 Å². The summed E-state index contributed by atoms with van der Waals surface area (Å²) in [7, 11) is 0. The van der Waals surface area contributed by atoms with Crippen molar-refractivity contribution >= 4 is 28.4 Å². The molecule has 1 amide bonds. The number of rotatable bonds is 7. The van der Waals surface area contributed by atoms with E-state index in [9.17, 15) is 22.8 Å². The first-order chi connectivity index (χ1) is 16.2. The van der Waals surface area contributed by atoms with Crippen molar-refractivity contribution in [2.75, 3.05) is 5.32 Å². The SMILES string of the molecule is NC(=O)c1cccc2c(NCc3cccc(CC(=O)c4ccc(C(F)(F)F)cc4)c3)ncnc12. The molecule has 0 bridgehead atoms. The third-order valence-corrected chi connectivity index (χ3v) is 5.28. The van der Waals surface area contributed by atoms with Gasteiger partial charge in [0.2, 0.25) is 0 Å². The van der Waals surface area contributed by atoms with Gasteiger partial charge in [0.1, 0.15) is 12.1 Å². The summed E-state index contributed by atoms with van der Waals surface area (Å²) in [6, 6.07) is 16.6. The molecular formula is C25H19F3N4O2. The zero-order valence-electron chi connectivity index (χ0n) is 17.8. The first-order valence-electron chi connectivity index (χ1n) is 10.3. The lowest BCUT2D eigenvalue weighted by Gasteiger charge is -2.11. The number of ketones is 1. The number of carbonyl (C=O) groups excluding carboxylic acids is 2. The molecule has 9 heteroatoms. The van der Waals surface area contributed by atoms with E-state index in [1.807, 2.05) is 12.1 Å². The van der Waals surface area contributed by atoms with Crippen LogP contribution in [-0.2, 0) is 19.1 Å². The van der Waals surface area contributed by atoms with Crippen LogP contribution in [0.4, 0.5) is 19.0 Å². The Morgan fingerprint density at radius 1 is 0.912 bits per heavy atom. The minimum Gasteiger partial charge on any atom is -0.366 e. The lowest BCUT2D eigenvalue weighted by molar-refractivity contribution is -0.137. The number of nitrogens with two attached hydrogens (primary N) is 1. The third-order valence-electron chi connectivity index (χ3n) is 5.28. The lowest BCUT2D eigenvalue weighted by atomic mass is 10.0. The second kappa shape index (κ2) is 9.30. The van der Waals surface area contributed by atoms with Gasteiger partial charge in [0, 0.05) is 23.9 Å². The molecule has 0 aliphatic rings. The molecule has 4 aromatic rings. The number of aromatic nitrogens is 2. The Kier molecular flexibility index (Phi) is 6.27. The van der Waals surface area contributed by atoms with Gasteiger partial charge in [-0.25, -0.2) is 9.97 Å². The molecule has 0 saturated heterocycles. The lowest BCUT2D eigenvalue weighted by Crippen LogP contribution is -2.12. The van der Waals surface area contributed by atoms with Crippen LogP contribution in [0.1, 0.15) is 37.4 Å². The highest BCUT2D eigenvalue weighted by molar-refractivity contribution is 6.06. The van der Waals surface area contributed by atoms with E-state index in [1.165, 1.54) is 18.5 Å². The van der Waals surface area contributed by atoms with Crippen molar-refractivity contribution in [3.63, 3.8) is 0 Å². The molecule has 6 nitrogen and oxygen atoms in total. The fraction of sp³-hybridized carbons (Fsp3) is 0.120. The molecule has 0 spiro atoms. The van der Waals surface area contributed by atoms with Gasteiger partial charge < -0.3 is 11.1 Å². The van der Waals surface area contributed by atoms with E-state index in [0.29, 0.717) is 28.8 Å². The number of halogens is 3. The van der Waals surface area contributed by atoms with Crippen LogP contribution in [0.3, 0.4) is 0 Å². The fourth-order valence-electron chi connectivity index (χ4n) is 3.60. The normalized spacial score (nSPS) is 11.4. The van der Waals surface area contributed by atoms with Gasteiger partial charge in [0.15, 0.2) is 5.78 Å². The number of anilines is 1. The monoisotopic (exact) mass is 464 g/mol. The predicted octanol–water partition coefficient (Wildman–Crippen LogP) is 4.79. The molecule has 0 atom stereocenters. The third kappa shape index (κ3) is 5.03. The Hall–Kier alpha value is -4.27. The second-order valence-electron chi connectivity index (χ2n) is 7.64. The van der Waals surface area contributed by atoms with Crippen molar-refractivity contribution in [2.24, 2.45) is 5.73 Å². The number of amides is 1. The largest absolute Gasteiger partial charge is 0.416 e. The number of fused-ring (bicyclic) bond motifs is 1. The van der Waals surface area contributed by atoms with Crippen LogP contribution in [-0.4, -0.2) is 21.7 Å². The Morgan fingerprint density at radius 3 is 2.32 bits per heavy atom. The first-order valence-corrected chi connectivity index (χ1v) is 10.3. The zero-order valence-corrected chi connectivity index (χ0v) is 17.8. The highest BCUT2D eigenvalue weighted by Crippen LogP contribution is 2.29. The van der Waals surface area contributed by atoms with Crippen molar-refractivity contribution in [1.82, 2.24) is 9.97 Å². The molecule has 1 heterocycles. The van der Waals surface area contributed by atoms with Crippen molar-refractivity contribution in [1.29, 1.82) is 0 Å². The van der Waals surface area contributed by atoms with Crippen LogP contribution in [0.25, 0.3) is 10.9 Å². The molecule has 4 rings (SSSR count). The average Bonchev–Trinajstić information content (AvgIpc) is 2.82. The number of carbonyl (C=O) groups is 2. The highest BCUT2D eigenvalue weighted by Gasteiger charge is 2.30. The molecule has 0 aliphatic heterocycles. The van der Waals surface area contributed by atoms with E-state index >= 15 is 0 Å². The minimum absolute atomic E-state index is 0.0532. The standard InChI is InChI=1S/C25H19F3N4O2/c26-25(27,28)18-9-7-17(8-10-18)21(33)12-15-3-1-4-16(11-15)13-30-24-20-6-2-5-19(23(29)34)22(20)31-14-32-24/h1-11,14H,12-13H2,(H2,29,34)(H,30,31,32). The number of benzene rings is 3. The van der Waals surface area contributed by atoms with Gasteiger partial charge in [-0.3, -0.25) is 9.59 Å². The summed E-state index contributed by atoms with van der Waals surface area (Å²) in [5.41, 5.74) is 7.19. The molecule has 0 unspecified atom stereocenters. The van der Waals surface area contributed by atoms with Gasteiger partial charge in [-0.15, -0.1) is 0 Å². The summed E-state index contributed by atoms with van der Waals surface area (Å²) >= 11 is 0. The summed E-state index contributed by atoms with van der Waals surface area (Å²) in [6.45, 7) is 0.384. The van der Waals surface area contributed by atoms with E-state index in [-0.39, 0.29) is 17.8 Å². The van der Waals surface area contributed by atoms with E-state index in [1.54, 1.807) is 30.3 Å². The Bertz CT molecular complexity index is 1370. The van der Waals surface area contributed by atoms with Crippen molar-refractivity contribution in [2.45, 2.75) is 19.1 Å². The van der Waals surface area contributed by atoms with E-state index < -0.39 is 17.6 Å². The second-order valence-corrected chi connectivity index (χ2v) is 7.64. The Labute approximate surface area is 192 Å². The number of hydrogen-bond acceptors (Lipinski definition) is 5. The Balaban J connectivity index is 1.47. The summed E-state index contributed by atoms with van der Waals surface area (Å²) in [4.78, 5) is 32.6. The minimum atomic E-state index is -4.45. The van der Waals surface area contributed by atoms with Crippen molar-refractivity contribution in [3.05, 3.63) is 101 Å². The molecule has 3 N–H and O–H groups in total. The van der Waals surface area contributed by atoms with Crippen LogP contribution in [0, 0.1) is 0 Å². The number of hydrogen-bond donors (Lipinski definition) is 2. The highest BCUT2D eigenvalue weighted by atomic mass is 19.4. The first kappa shape index (κ1) is 22.9. The summed E-state index contributed by atoms with van der Waals surface area (Å²) in [5.74, 6) is -0.334. The zero-order chi connectivity index (χ0) is 24.3. The van der Waals surface area contributed by atoms with E-state index in [0.717, 1.165) is 23.3 Å². The Morgan fingerprint density at radius 2 is 1.62 bits per heavy atom. The number of Topliss-reactive ketones (excluding diaryl/α,β-unsaturated/α-hetero) is 1. The van der Waals surface area contributed by atoms with Gasteiger partial charge >= 0.3 is 6.18 Å². The maximum absolute atomic E-state index is 12.7. The van der Waals surface area contributed by atoms with Gasteiger partial charge in [-0.1, -0.05) is 42.5 Å². The van der Waals surface area contributed by atoms with Gasteiger partial charge in [-0.05, 0) is 35.4 Å². The quantitative estimate of drug-likeness (QED) is 0.384. The molecular weight excluding hydrogens is 445 g/mol. The van der Waals surface area contributed by atoms with Crippen molar-refractivity contribution in [3.8, 4) is 0 Å². The molecule has 34 heavy (non-hydrogen) atoms. The molecule has 0 fully saturated rings. The van der Waals surface area contributed by atoms with Crippen LogP contribution in [0.15, 0.2) is 73.1 Å². The maximum atomic E-state index is 12.7. The number of primary amides is 1. The van der Waals surface area contributed by atoms with Gasteiger partial charge in [0.25, 0.3) is 5.91 Å². The molecule has 0 saturated carbocycles. The number of alkyl halides is 3. The topological polar surface area (TPSA) is 98.0 Å². The fourth-order valence-corrected chi connectivity index (χ4v) is 3.60. The van der Waals surface area contributed by atoms with Crippen LogP contribution < -0.4 is 11.1 Å². The number of nitrogens with zero attached hydrogens (tertiary/aromatic N) is 2. The number of para-hydroxylation sites is 1. The average molecular weight is 464 g/mol. The maximum Gasteiger partial charge on any atom is 0.416 e. The van der Waals surface area contributed by atoms with Crippen molar-refractivity contribution < 1.29 is 22.8 Å². The van der Waals surface area contributed by atoms with Gasteiger partial charge in [-0.2, -0.15) is 13.2 Å². The molecule has 3 aromatic carbocycles. The summed E-state index contributed by atoms with van der Waals surface area (Å²) in [6.07, 6.45) is -3.05. The van der Waals surface area contributed by atoms with Crippen LogP contribution in [0.5, 0.6) is 0 Å². The molecule has 0 aliphatic carbocycles. The van der Waals surface area contributed by atoms with E-state index in [2.05, 4.69) is 15.3 Å². The molecule has 172 valence electrons. The number of nitrogens with one attached hydrogen (secondary N) is 1. The smallest absolute Gasteiger partial charge is 0.366 e. The van der Waals surface area contributed by atoms with E-state index in [4.69, 9.17) is 5.73 Å². The van der Waals surface area contributed by atoms with Crippen LogP contribution >= 0.6 is 0 Å². The predicted molar refractivity (Wildman–Crippen MR) is 121 cm³/mol. The van der Waals surface area contributed by atoms with Crippen LogP contribution in [0.2, 0.25) is 0 Å².